The van der Waals surface area contributed by atoms with Crippen LogP contribution < -0.4 is 10.5 Å². The third kappa shape index (κ3) is 2.74. The van der Waals surface area contributed by atoms with E-state index in [2.05, 4.69) is 27.8 Å². The van der Waals surface area contributed by atoms with Gasteiger partial charge >= 0.3 is 0 Å². The first-order valence-electron chi connectivity index (χ1n) is 6.85. The van der Waals surface area contributed by atoms with Gasteiger partial charge in [0, 0.05) is 10.2 Å². The molecule has 0 aliphatic rings. The molecule has 0 radical (unpaired) electrons. The SMILES string of the molecule is CCCOc1ccc(-n2c(N)nc3cc(Br)ccc32)cc1. The normalized spacial score (nSPS) is 11.0. The van der Waals surface area contributed by atoms with Gasteiger partial charge in [-0.2, -0.15) is 0 Å². The Bertz CT molecular complexity index is 765. The Morgan fingerprint density at radius 3 is 2.67 bits per heavy atom. The van der Waals surface area contributed by atoms with Crippen molar-refractivity contribution in [2.75, 3.05) is 12.3 Å². The summed E-state index contributed by atoms with van der Waals surface area (Å²) >= 11 is 3.45. The van der Waals surface area contributed by atoms with Crippen LogP contribution in [0.15, 0.2) is 46.9 Å². The first-order chi connectivity index (χ1) is 10.2. The lowest BCUT2D eigenvalue weighted by molar-refractivity contribution is 0.317. The van der Waals surface area contributed by atoms with Gasteiger partial charge in [0.25, 0.3) is 0 Å². The van der Waals surface area contributed by atoms with Gasteiger partial charge in [0.1, 0.15) is 5.75 Å². The molecule has 2 N–H and O–H groups in total. The average Bonchev–Trinajstić information content (AvgIpc) is 2.80. The lowest BCUT2D eigenvalue weighted by Crippen LogP contribution is -2.01. The number of fused-ring (bicyclic) bond motifs is 1. The average molecular weight is 346 g/mol. The van der Waals surface area contributed by atoms with Gasteiger partial charge in [-0.1, -0.05) is 22.9 Å². The van der Waals surface area contributed by atoms with E-state index in [1.165, 1.54) is 0 Å². The zero-order valence-corrected chi connectivity index (χ0v) is 13.3. The van der Waals surface area contributed by atoms with E-state index < -0.39 is 0 Å². The lowest BCUT2D eigenvalue weighted by Gasteiger charge is -2.09. The van der Waals surface area contributed by atoms with Gasteiger partial charge in [-0.25, -0.2) is 4.98 Å². The van der Waals surface area contributed by atoms with Crippen molar-refractivity contribution in [3.63, 3.8) is 0 Å². The Morgan fingerprint density at radius 1 is 1.19 bits per heavy atom. The molecule has 0 atom stereocenters. The summed E-state index contributed by atoms with van der Waals surface area (Å²) in [5.74, 6) is 1.34. The molecule has 3 rings (SSSR count). The molecule has 108 valence electrons. The zero-order valence-electron chi connectivity index (χ0n) is 11.7. The molecule has 0 spiro atoms. The van der Waals surface area contributed by atoms with E-state index in [9.17, 15) is 0 Å². The second-order valence-corrected chi connectivity index (χ2v) is 5.70. The smallest absolute Gasteiger partial charge is 0.205 e. The summed E-state index contributed by atoms with van der Waals surface area (Å²) in [4.78, 5) is 4.40. The van der Waals surface area contributed by atoms with Crippen molar-refractivity contribution in [3.05, 3.63) is 46.9 Å². The van der Waals surface area contributed by atoms with Crippen LogP contribution in [0.2, 0.25) is 0 Å². The molecule has 0 amide bonds. The largest absolute Gasteiger partial charge is 0.494 e. The number of hydrogen-bond donors (Lipinski definition) is 1. The second-order valence-electron chi connectivity index (χ2n) is 4.78. The molecular formula is C16H16BrN3O. The van der Waals surface area contributed by atoms with Crippen LogP contribution in [0.4, 0.5) is 5.95 Å². The molecule has 0 fully saturated rings. The van der Waals surface area contributed by atoms with Crippen molar-refractivity contribution >= 4 is 32.9 Å². The third-order valence-corrected chi connectivity index (χ3v) is 3.70. The first kappa shape index (κ1) is 13.9. The lowest BCUT2D eigenvalue weighted by atomic mass is 10.2. The van der Waals surface area contributed by atoms with Crippen LogP contribution in [0, 0.1) is 0 Å². The molecule has 2 aromatic carbocycles. The summed E-state index contributed by atoms with van der Waals surface area (Å²) in [7, 11) is 0. The van der Waals surface area contributed by atoms with E-state index in [1.54, 1.807) is 0 Å². The zero-order chi connectivity index (χ0) is 14.8. The van der Waals surface area contributed by atoms with Crippen LogP contribution in [-0.4, -0.2) is 16.2 Å². The number of imidazole rings is 1. The van der Waals surface area contributed by atoms with E-state index in [-0.39, 0.29) is 0 Å². The number of nitrogens with zero attached hydrogens (tertiary/aromatic N) is 2. The quantitative estimate of drug-likeness (QED) is 0.772. The number of ether oxygens (including phenoxy) is 1. The topological polar surface area (TPSA) is 53.1 Å². The minimum Gasteiger partial charge on any atom is -0.494 e. The maximum absolute atomic E-state index is 6.06. The summed E-state index contributed by atoms with van der Waals surface area (Å²) in [5.41, 5.74) is 8.89. The Hall–Kier alpha value is -2.01. The summed E-state index contributed by atoms with van der Waals surface area (Å²) in [6.45, 7) is 2.81. The highest BCUT2D eigenvalue weighted by atomic mass is 79.9. The van der Waals surface area contributed by atoms with Crippen molar-refractivity contribution in [3.8, 4) is 11.4 Å². The van der Waals surface area contributed by atoms with Crippen LogP contribution in [0.5, 0.6) is 5.75 Å². The Balaban J connectivity index is 2.01. The molecule has 0 saturated carbocycles. The number of benzene rings is 2. The number of aromatic nitrogens is 2. The maximum atomic E-state index is 6.06. The number of hydrogen-bond acceptors (Lipinski definition) is 3. The number of rotatable bonds is 4. The molecule has 4 nitrogen and oxygen atoms in total. The second kappa shape index (κ2) is 5.77. The fourth-order valence-electron chi connectivity index (χ4n) is 2.25. The Labute approximate surface area is 131 Å². The first-order valence-corrected chi connectivity index (χ1v) is 7.65. The highest BCUT2D eigenvalue weighted by Crippen LogP contribution is 2.26. The minimum absolute atomic E-state index is 0.477. The van der Waals surface area contributed by atoms with Crippen LogP contribution in [0.25, 0.3) is 16.7 Å². The van der Waals surface area contributed by atoms with Crippen molar-refractivity contribution in [2.24, 2.45) is 0 Å². The van der Waals surface area contributed by atoms with Gasteiger partial charge in [0.05, 0.1) is 17.6 Å². The third-order valence-electron chi connectivity index (χ3n) is 3.21. The highest BCUT2D eigenvalue weighted by molar-refractivity contribution is 9.10. The van der Waals surface area contributed by atoms with E-state index in [1.807, 2.05) is 47.0 Å². The van der Waals surface area contributed by atoms with E-state index >= 15 is 0 Å². The molecule has 5 heteroatoms. The highest BCUT2D eigenvalue weighted by Gasteiger charge is 2.10. The molecule has 0 saturated heterocycles. The van der Waals surface area contributed by atoms with Crippen molar-refractivity contribution in [1.29, 1.82) is 0 Å². The Morgan fingerprint density at radius 2 is 1.95 bits per heavy atom. The standard InChI is InChI=1S/C16H16BrN3O/c1-2-9-21-13-6-4-12(5-7-13)20-15-8-3-11(17)10-14(15)19-16(20)18/h3-8,10H,2,9H2,1H3,(H2,18,19). The maximum Gasteiger partial charge on any atom is 0.205 e. The fraction of sp³-hybridized carbons (Fsp3) is 0.188. The van der Waals surface area contributed by atoms with E-state index in [0.717, 1.165) is 40.0 Å². The van der Waals surface area contributed by atoms with Crippen molar-refractivity contribution in [1.82, 2.24) is 9.55 Å². The summed E-state index contributed by atoms with van der Waals surface area (Å²) in [5, 5.41) is 0. The summed E-state index contributed by atoms with van der Waals surface area (Å²) in [6, 6.07) is 13.8. The van der Waals surface area contributed by atoms with Gasteiger partial charge in [-0.15, -0.1) is 0 Å². The molecule has 1 aromatic heterocycles. The van der Waals surface area contributed by atoms with Crippen LogP contribution >= 0.6 is 15.9 Å². The molecule has 21 heavy (non-hydrogen) atoms. The van der Waals surface area contributed by atoms with Crippen LogP contribution in [-0.2, 0) is 0 Å². The van der Waals surface area contributed by atoms with Gasteiger partial charge in [0.15, 0.2) is 0 Å². The molecular weight excluding hydrogens is 330 g/mol. The van der Waals surface area contributed by atoms with Gasteiger partial charge in [-0.3, -0.25) is 4.57 Å². The van der Waals surface area contributed by atoms with E-state index in [0.29, 0.717) is 5.95 Å². The molecule has 3 aromatic rings. The van der Waals surface area contributed by atoms with E-state index in [4.69, 9.17) is 10.5 Å². The van der Waals surface area contributed by atoms with Gasteiger partial charge in [-0.05, 0) is 48.9 Å². The van der Waals surface area contributed by atoms with Gasteiger partial charge in [0.2, 0.25) is 5.95 Å². The molecule has 0 aliphatic carbocycles. The monoisotopic (exact) mass is 345 g/mol. The molecule has 1 heterocycles. The predicted molar refractivity (Wildman–Crippen MR) is 89.0 cm³/mol. The number of halogens is 1. The minimum atomic E-state index is 0.477. The van der Waals surface area contributed by atoms with Crippen LogP contribution in [0.3, 0.4) is 0 Å². The predicted octanol–water partition coefficient (Wildman–Crippen LogP) is 4.16. The molecule has 0 unspecified atom stereocenters. The molecule has 0 aliphatic heterocycles. The summed E-state index contributed by atoms with van der Waals surface area (Å²) in [6.07, 6.45) is 0.996. The number of anilines is 1. The fourth-order valence-corrected chi connectivity index (χ4v) is 2.60. The van der Waals surface area contributed by atoms with Crippen LogP contribution in [0.1, 0.15) is 13.3 Å². The Kier molecular flexibility index (Phi) is 3.84. The summed E-state index contributed by atoms with van der Waals surface area (Å²) < 4.78 is 8.52. The van der Waals surface area contributed by atoms with Crippen molar-refractivity contribution < 1.29 is 4.74 Å². The number of nitrogen functional groups attached to an aromatic ring is 1. The van der Waals surface area contributed by atoms with Crippen molar-refractivity contribution in [2.45, 2.75) is 13.3 Å². The molecule has 0 bridgehead atoms. The van der Waals surface area contributed by atoms with Gasteiger partial charge < -0.3 is 10.5 Å². The number of nitrogens with two attached hydrogens (primary N) is 1.